The van der Waals surface area contributed by atoms with Crippen LogP contribution in [0.4, 0.5) is 0 Å². The highest BCUT2D eigenvalue weighted by atomic mass is 16.3. The molecule has 3 heteroatoms. The van der Waals surface area contributed by atoms with Crippen LogP contribution in [0.2, 0.25) is 0 Å². The molecular formula is C25H36N2O. The molecule has 1 N–H and O–H groups in total. The topological polar surface area (TPSA) is 36.4 Å². The molecule has 1 aromatic carbocycles. The van der Waals surface area contributed by atoms with Gasteiger partial charge in [-0.05, 0) is 77.7 Å². The van der Waals surface area contributed by atoms with E-state index in [1.165, 1.54) is 24.8 Å². The molecule has 1 aliphatic heterocycles. The van der Waals surface area contributed by atoms with Crippen molar-refractivity contribution in [1.82, 2.24) is 9.88 Å². The van der Waals surface area contributed by atoms with Gasteiger partial charge in [0.1, 0.15) is 5.75 Å². The lowest BCUT2D eigenvalue weighted by molar-refractivity contribution is 0.184. The molecule has 0 aliphatic carbocycles. The molecule has 1 saturated heterocycles. The van der Waals surface area contributed by atoms with Crippen molar-refractivity contribution in [1.29, 1.82) is 0 Å². The highest BCUT2D eigenvalue weighted by molar-refractivity contribution is 5.51. The van der Waals surface area contributed by atoms with E-state index in [4.69, 9.17) is 4.98 Å². The molecular weight excluding hydrogens is 344 g/mol. The van der Waals surface area contributed by atoms with E-state index in [1.807, 2.05) is 12.3 Å². The molecule has 1 aromatic heterocycles. The molecule has 0 amide bonds. The number of nitrogens with zero attached hydrogens (tertiary/aromatic N) is 2. The van der Waals surface area contributed by atoms with Gasteiger partial charge in [-0.3, -0.25) is 9.88 Å². The monoisotopic (exact) mass is 380 g/mol. The average molecular weight is 381 g/mol. The van der Waals surface area contributed by atoms with Crippen LogP contribution in [-0.4, -0.2) is 28.1 Å². The van der Waals surface area contributed by atoms with Gasteiger partial charge in [-0.1, -0.05) is 54.0 Å². The fourth-order valence-electron chi connectivity index (χ4n) is 4.24. The largest absolute Gasteiger partial charge is 0.507 e. The number of hydrogen-bond acceptors (Lipinski definition) is 3. The number of hydrogen-bond donors (Lipinski definition) is 1. The van der Waals surface area contributed by atoms with Gasteiger partial charge in [0.15, 0.2) is 0 Å². The van der Waals surface area contributed by atoms with Crippen LogP contribution in [0.25, 0.3) is 0 Å². The third kappa shape index (κ3) is 4.41. The Morgan fingerprint density at radius 2 is 1.46 bits per heavy atom. The van der Waals surface area contributed by atoms with Crippen LogP contribution >= 0.6 is 0 Å². The fraction of sp³-hybridized carbons (Fsp3) is 0.560. The van der Waals surface area contributed by atoms with E-state index in [2.05, 4.69) is 70.7 Å². The summed E-state index contributed by atoms with van der Waals surface area (Å²) in [5, 5.41) is 11.1. The third-order valence-corrected chi connectivity index (χ3v) is 5.79. The van der Waals surface area contributed by atoms with Crippen molar-refractivity contribution in [2.24, 2.45) is 0 Å². The Hall–Kier alpha value is -1.87. The van der Waals surface area contributed by atoms with Gasteiger partial charge in [-0.2, -0.15) is 0 Å². The Morgan fingerprint density at radius 3 is 1.93 bits per heavy atom. The summed E-state index contributed by atoms with van der Waals surface area (Å²) in [4.78, 5) is 7.30. The molecule has 3 nitrogen and oxygen atoms in total. The van der Waals surface area contributed by atoms with Crippen LogP contribution in [0.15, 0.2) is 36.5 Å². The normalized spacial score (nSPS) is 17.5. The quantitative estimate of drug-likeness (QED) is 0.714. The van der Waals surface area contributed by atoms with E-state index in [9.17, 15) is 5.11 Å². The van der Waals surface area contributed by atoms with Crippen molar-refractivity contribution in [2.75, 3.05) is 13.1 Å². The lowest BCUT2D eigenvalue weighted by Gasteiger charge is -2.36. The first-order chi connectivity index (χ1) is 13.1. The molecule has 0 bridgehead atoms. The molecule has 0 saturated carbocycles. The zero-order chi connectivity index (χ0) is 20.5. The number of phenolic OH excluding ortho intramolecular Hbond substituents is 1. The molecule has 0 radical (unpaired) electrons. The van der Waals surface area contributed by atoms with E-state index in [1.54, 1.807) is 0 Å². The molecule has 0 spiro atoms. The Balaban J connectivity index is 2.21. The molecule has 1 aliphatic rings. The third-order valence-electron chi connectivity index (χ3n) is 5.79. The van der Waals surface area contributed by atoms with Crippen molar-refractivity contribution < 1.29 is 5.11 Å². The molecule has 1 atom stereocenters. The minimum atomic E-state index is -0.128. The first-order valence-corrected chi connectivity index (χ1v) is 10.6. The Bertz CT molecular complexity index is 759. The van der Waals surface area contributed by atoms with Gasteiger partial charge in [0.25, 0.3) is 0 Å². The van der Waals surface area contributed by atoms with E-state index < -0.39 is 0 Å². The zero-order valence-electron chi connectivity index (χ0n) is 18.4. The number of rotatable bonds is 3. The van der Waals surface area contributed by atoms with Crippen molar-refractivity contribution >= 4 is 0 Å². The van der Waals surface area contributed by atoms with Crippen LogP contribution in [0.5, 0.6) is 5.75 Å². The van der Waals surface area contributed by atoms with Gasteiger partial charge in [0.2, 0.25) is 0 Å². The Morgan fingerprint density at radius 1 is 0.893 bits per heavy atom. The maximum absolute atomic E-state index is 11.1. The van der Waals surface area contributed by atoms with Crippen molar-refractivity contribution in [2.45, 2.75) is 77.7 Å². The van der Waals surface area contributed by atoms with Crippen LogP contribution in [0.3, 0.4) is 0 Å². The second kappa shape index (κ2) is 7.87. The summed E-state index contributed by atoms with van der Waals surface area (Å²) in [5.74, 6) is 0.446. The molecule has 3 rings (SSSR count). The molecule has 0 unspecified atom stereocenters. The molecule has 152 valence electrons. The second-order valence-corrected chi connectivity index (χ2v) is 10.2. The maximum atomic E-state index is 11.1. The number of pyridine rings is 1. The number of benzene rings is 1. The fourth-order valence-corrected chi connectivity index (χ4v) is 4.24. The summed E-state index contributed by atoms with van der Waals surface area (Å²) in [6, 6.07) is 10.8. The second-order valence-electron chi connectivity index (χ2n) is 10.2. The number of likely N-dealkylation sites (tertiary alicyclic amines) is 1. The summed E-state index contributed by atoms with van der Waals surface area (Å²) in [7, 11) is 0. The molecule has 1 fully saturated rings. The van der Waals surface area contributed by atoms with Gasteiger partial charge in [0.05, 0.1) is 11.7 Å². The highest BCUT2D eigenvalue weighted by Crippen LogP contribution is 2.42. The van der Waals surface area contributed by atoms with Gasteiger partial charge < -0.3 is 5.11 Å². The number of aromatic hydroxyl groups is 1. The lowest BCUT2D eigenvalue weighted by Crippen LogP contribution is -2.35. The van der Waals surface area contributed by atoms with E-state index >= 15 is 0 Å². The zero-order valence-corrected chi connectivity index (χ0v) is 18.4. The Kier molecular flexibility index (Phi) is 5.86. The summed E-state index contributed by atoms with van der Waals surface area (Å²) in [6.45, 7) is 15.2. The average Bonchev–Trinajstić information content (AvgIpc) is 2.63. The van der Waals surface area contributed by atoms with Crippen molar-refractivity contribution in [3.8, 4) is 5.75 Å². The van der Waals surface area contributed by atoms with Crippen molar-refractivity contribution in [3.05, 3.63) is 58.9 Å². The van der Waals surface area contributed by atoms with Crippen molar-refractivity contribution in [3.63, 3.8) is 0 Å². The van der Waals surface area contributed by atoms with E-state index in [-0.39, 0.29) is 16.9 Å². The summed E-state index contributed by atoms with van der Waals surface area (Å²) in [5.41, 5.74) is 4.12. The first kappa shape index (κ1) is 20.9. The van der Waals surface area contributed by atoms with Crippen LogP contribution in [0, 0.1) is 0 Å². The molecule has 2 heterocycles. The van der Waals surface area contributed by atoms with E-state index in [0.29, 0.717) is 5.75 Å². The van der Waals surface area contributed by atoms with Crippen LogP contribution in [-0.2, 0) is 10.8 Å². The molecule has 2 aromatic rings. The maximum Gasteiger partial charge on any atom is 0.123 e. The van der Waals surface area contributed by atoms with Gasteiger partial charge in [-0.15, -0.1) is 0 Å². The van der Waals surface area contributed by atoms with E-state index in [0.717, 1.165) is 29.9 Å². The van der Waals surface area contributed by atoms with Gasteiger partial charge in [0, 0.05) is 6.20 Å². The Labute approximate surface area is 170 Å². The number of phenols is 1. The van der Waals surface area contributed by atoms with Gasteiger partial charge in [-0.25, -0.2) is 0 Å². The summed E-state index contributed by atoms with van der Waals surface area (Å²) < 4.78 is 0. The minimum absolute atomic E-state index is 0.128. The summed E-state index contributed by atoms with van der Waals surface area (Å²) >= 11 is 0. The van der Waals surface area contributed by atoms with Crippen LogP contribution in [0.1, 0.15) is 89.2 Å². The number of aromatic nitrogens is 1. The minimum Gasteiger partial charge on any atom is -0.507 e. The summed E-state index contributed by atoms with van der Waals surface area (Å²) in [6.07, 6.45) is 5.67. The predicted molar refractivity (Wildman–Crippen MR) is 117 cm³/mol. The first-order valence-electron chi connectivity index (χ1n) is 10.6. The SMILES string of the molecule is CC(C)(C)c1cc([C@@H](c2ccccn2)N2CCCCC2)cc(C(C)(C)C)c1O. The standard InChI is InChI=1S/C25H36N2O/c1-24(2,3)19-16-18(17-20(23(19)28)25(4,5)6)22(21-12-8-9-13-26-21)27-14-10-7-11-15-27/h8-9,12-13,16-17,22,28H,7,10-11,14-15H2,1-6H3/t22-/m0/s1. The van der Waals surface area contributed by atoms with Gasteiger partial charge >= 0.3 is 0 Å². The number of piperidine rings is 1. The van der Waals surface area contributed by atoms with Crippen LogP contribution < -0.4 is 0 Å². The highest BCUT2D eigenvalue weighted by Gasteiger charge is 2.31. The predicted octanol–water partition coefficient (Wildman–Crippen LogP) is 5.96. The molecule has 28 heavy (non-hydrogen) atoms. The lowest BCUT2D eigenvalue weighted by atomic mass is 9.77. The smallest absolute Gasteiger partial charge is 0.123 e.